The molecule has 0 unspecified atom stereocenters. The van der Waals surface area contributed by atoms with Gasteiger partial charge in [-0.15, -0.1) is 0 Å². The molecule has 2 aliphatic heterocycles. The van der Waals surface area contributed by atoms with E-state index in [1.54, 1.807) is 28.5 Å². The van der Waals surface area contributed by atoms with Gasteiger partial charge in [0.15, 0.2) is 0 Å². The smallest absolute Gasteiger partial charge is 0.258 e. The van der Waals surface area contributed by atoms with Crippen LogP contribution in [-0.2, 0) is 16.1 Å². The van der Waals surface area contributed by atoms with Gasteiger partial charge in [0.1, 0.15) is 6.04 Å². The zero-order chi connectivity index (χ0) is 22.8. The van der Waals surface area contributed by atoms with Crippen molar-refractivity contribution in [3.8, 4) is 0 Å². The molecule has 32 heavy (non-hydrogen) atoms. The molecule has 1 saturated heterocycles. The predicted octanol–water partition coefficient (Wildman–Crippen LogP) is 2.48. The number of allylic oxidation sites excluding steroid dienone is 1. The van der Waals surface area contributed by atoms with Crippen molar-refractivity contribution in [3.63, 3.8) is 0 Å². The van der Waals surface area contributed by atoms with Crippen LogP contribution in [0.3, 0.4) is 0 Å². The summed E-state index contributed by atoms with van der Waals surface area (Å²) in [5, 5.41) is 13.4. The van der Waals surface area contributed by atoms with Gasteiger partial charge in [0, 0.05) is 49.2 Å². The topological polar surface area (TPSA) is 91.6 Å². The normalized spacial score (nSPS) is 27.5. The highest BCUT2D eigenvalue weighted by Gasteiger charge is 2.56. The first-order chi connectivity index (χ1) is 15.5. The number of carbonyl (C=O) groups excluding carboxylic acids is 2. The lowest BCUT2D eigenvalue weighted by molar-refractivity contribution is -0.141. The van der Waals surface area contributed by atoms with E-state index < -0.39 is 12.0 Å². The van der Waals surface area contributed by atoms with Crippen molar-refractivity contribution < 1.29 is 14.7 Å². The summed E-state index contributed by atoms with van der Waals surface area (Å²) in [6.45, 7) is 4.50. The van der Waals surface area contributed by atoms with Crippen LogP contribution in [0, 0.1) is 17.8 Å². The van der Waals surface area contributed by atoms with Gasteiger partial charge in [-0.1, -0.05) is 38.3 Å². The lowest BCUT2D eigenvalue weighted by Crippen LogP contribution is -2.51. The van der Waals surface area contributed by atoms with Gasteiger partial charge in [-0.2, -0.15) is 0 Å². The Hall–Kier alpha value is -2.41. The van der Waals surface area contributed by atoms with Crippen LogP contribution >= 0.6 is 0 Å². The molecule has 2 amide bonds. The number of nitrogens with one attached hydrogen (secondary N) is 1. The van der Waals surface area contributed by atoms with Gasteiger partial charge in [0.2, 0.25) is 11.8 Å². The molecule has 3 aliphatic rings. The third-order valence-electron chi connectivity index (χ3n) is 7.60. The fourth-order valence-electron chi connectivity index (χ4n) is 6.01. The summed E-state index contributed by atoms with van der Waals surface area (Å²) in [6, 6.07) is 2.62. The molecule has 7 heteroatoms. The highest BCUT2D eigenvalue weighted by atomic mass is 16.3. The molecule has 2 fully saturated rings. The molecule has 3 heterocycles. The van der Waals surface area contributed by atoms with E-state index in [1.165, 1.54) is 19.3 Å². The molecule has 1 saturated carbocycles. The highest BCUT2D eigenvalue weighted by molar-refractivity contribution is 5.89. The maximum atomic E-state index is 13.3. The van der Waals surface area contributed by atoms with Gasteiger partial charge in [-0.05, 0) is 37.8 Å². The van der Waals surface area contributed by atoms with E-state index >= 15 is 0 Å². The number of hydrogen-bond donors (Lipinski definition) is 2. The fraction of sp³-hybridized carbons (Fsp3) is 0.640. The number of aliphatic hydroxyl groups excluding tert-OH is 1. The van der Waals surface area contributed by atoms with Crippen molar-refractivity contribution in [2.45, 2.75) is 71.0 Å². The Bertz CT molecular complexity index is 947. The number of amides is 2. The number of aliphatic hydroxyl groups is 1. The molecule has 7 nitrogen and oxygen atoms in total. The minimum atomic E-state index is -0.704. The predicted molar refractivity (Wildman–Crippen MR) is 123 cm³/mol. The third-order valence-corrected chi connectivity index (χ3v) is 7.60. The lowest BCUT2D eigenvalue weighted by Gasteiger charge is -2.31. The quantitative estimate of drug-likeness (QED) is 0.710. The zero-order valence-electron chi connectivity index (χ0n) is 19.1. The van der Waals surface area contributed by atoms with Crippen LogP contribution < -0.4 is 10.9 Å². The summed E-state index contributed by atoms with van der Waals surface area (Å²) < 4.78 is 1.72. The molecule has 1 aliphatic carbocycles. The zero-order valence-corrected chi connectivity index (χ0v) is 19.1. The van der Waals surface area contributed by atoms with Gasteiger partial charge < -0.3 is 19.9 Å². The summed E-state index contributed by atoms with van der Waals surface area (Å²) in [7, 11) is 0. The van der Waals surface area contributed by atoms with Gasteiger partial charge in [0.05, 0.1) is 6.04 Å². The Balaban J connectivity index is 1.64. The van der Waals surface area contributed by atoms with Crippen molar-refractivity contribution >= 4 is 17.9 Å². The van der Waals surface area contributed by atoms with Crippen molar-refractivity contribution in [2.24, 2.45) is 17.8 Å². The van der Waals surface area contributed by atoms with Gasteiger partial charge in [-0.25, -0.2) is 0 Å². The minimum Gasteiger partial charge on any atom is -0.396 e. The van der Waals surface area contributed by atoms with E-state index in [0.29, 0.717) is 24.6 Å². The summed E-state index contributed by atoms with van der Waals surface area (Å²) in [4.78, 5) is 41.1. The largest absolute Gasteiger partial charge is 0.396 e. The number of pyridine rings is 1. The van der Waals surface area contributed by atoms with E-state index in [0.717, 1.165) is 18.5 Å². The SMILES string of the molecule is C/C=C\c1ccc2n(c1=O)C[C@H]1[C@H](CO)[C@@H](C(=O)NCC3CCCCC3)N(C(=O)CC)[C@@H]21. The molecule has 174 valence electrons. The number of fused-ring (bicyclic) bond motifs is 3. The second-order valence-corrected chi connectivity index (χ2v) is 9.43. The average molecular weight is 442 g/mol. The Morgan fingerprint density at radius 3 is 2.62 bits per heavy atom. The van der Waals surface area contributed by atoms with E-state index in [4.69, 9.17) is 0 Å². The minimum absolute atomic E-state index is 0.0890. The van der Waals surface area contributed by atoms with E-state index in [-0.39, 0.29) is 42.4 Å². The first kappa shape index (κ1) is 22.8. The van der Waals surface area contributed by atoms with Crippen LogP contribution in [0.25, 0.3) is 6.08 Å². The molecular formula is C25H35N3O4. The molecule has 1 aromatic rings. The molecule has 2 N–H and O–H groups in total. The van der Waals surface area contributed by atoms with Gasteiger partial charge in [-0.3, -0.25) is 14.4 Å². The Morgan fingerprint density at radius 1 is 1.22 bits per heavy atom. The van der Waals surface area contributed by atoms with E-state index in [1.807, 2.05) is 19.1 Å². The summed E-state index contributed by atoms with van der Waals surface area (Å²) in [6.07, 6.45) is 9.80. The van der Waals surface area contributed by atoms with Crippen molar-refractivity contribution in [1.82, 2.24) is 14.8 Å². The summed E-state index contributed by atoms with van der Waals surface area (Å²) in [5.41, 5.74) is 1.27. The molecule has 4 atom stereocenters. The van der Waals surface area contributed by atoms with Crippen molar-refractivity contribution in [2.75, 3.05) is 13.2 Å². The summed E-state index contributed by atoms with van der Waals surface area (Å²) in [5.74, 6) is -0.362. The molecular weight excluding hydrogens is 406 g/mol. The number of hydrogen-bond acceptors (Lipinski definition) is 4. The molecule has 0 spiro atoms. The van der Waals surface area contributed by atoms with Gasteiger partial charge in [0.25, 0.3) is 5.56 Å². The Labute approximate surface area is 189 Å². The van der Waals surface area contributed by atoms with Crippen LogP contribution in [0.15, 0.2) is 23.0 Å². The first-order valence-electron chi connectivity index (χ1n) is 12.1. The number of likely N-dealkylation sites (tertiary alicyclic amines) is 1. The average Bonchev–Trinajstić information content (AvgIpc) is 3.34. The van der Waals surface area contributed by atoms with Crippen LogP contribution in [-0.4, -0.2) is 45.6 Å². The van der Waals surface area contributed by atoms with Crippen LogP contribution in [0.2, 0.25) is 0 Å². The fourth-order valence-corrected chi connectivity index (χ4v) is 6.01. The molecule has 0 radical (unpaired) electrons. The first-order valence-corrected chi connectivity index (χ1v) is 12.1. The monoisotopic (exact) mass is 441 g/mol. The summed E-state index contributed by atoms with van der Waals surface area (Å²) >= 11 is 0. The molecule has 4 rings (SSSR count). The van der Waals surface area contributed by atoms with Crippen molar-refractivity contribution in [3.05, 3.63) is 39.8 Å². The van der Waals surface area contributed by atoms with Crippen LogP contribution in [0.4, 0.5) is 0 Å². The highest BCUT2D eigenvalue weighted by Crippen LogP contribution is 2.49. The van der Waals surface area contributed by atoms with E-state index in [9.17, 15) is 19.5 Å². The standard InChI is InChI=1S/C25H35N3O4/c1-3-8-17-11-12-20-22-18(14-27(20)25(17)32)19(15-29)23(28(22)21(30)4-2)24(31)26-13-16-9-6-5-7-10-16/h3,8,11-12,16,18-19,22-23,29H,4-7,9-10,13-15H2,1-2H3,(H,26,31)/b8-3-/t18-,19-,22+,23-/m0/s1. The Kier molecular flexibility index (Phi) is 6.84. The second-order valence-electron chi connectivity index (χ2n) is 9.43. The Morgan fingerprint density at radius 2 is 1.97 bits per heavy atom. The third kappa shape index (κ3) is 3.91. The maximum Gasteiger partial charge on any atom is 0.258 e. The number of carbonyl (C=O) groups is 2. The number of nitrogens with zero attached hydrogens (tertiary/aromatic N) is 2. The number of rotatable bonds is 6. The molecule has 0 aromatic carbocycles. The molecule has 1 aromatic heterocycles. The molecule has 0 bridgehead atoms. The number of aromatic nitrogens is 1. The lowest BCUT2D eigenvalue weighted by atomic mass is 9.87. The van der Waals surface area contributed by atoms with E-state index in [2.05, 4.69) is 5.32 Å². The van der Waals surface area contributed by atoms with Crippen LogP contribution in [0.1, 0.15) is 69.7 Å². The maximum absolute atomic E-state index is 13.3. The van der Waals surface area contributed by atoms with Crippen molar-refractivity contribution in [1.29, 1.82) is 0 Å². The second kappa shape index (κ2) is 9.61. The van der Waals surface area contributed by atoms with Gasteiger partial charge >= 0.3 is 0 Å². The van der Waals surface area contributed by atoms with Crippen LogP contribution in [0.5, 0.6) is 0 Å².